The van der Waals surface area contributed by atoms with E-state index in [-0.39, 0.29) is 12.2 Å². The summed E-state index contributed by atoms with van der Waals surface area (Å²) in [7, 11) is 1.96. The van der Waals surface area contributed by atoms with Crippen LogP contribution in [0.2, 0.25) is 0 Å². The Morgan fingerprint density at radius 1 is 1.00 bits per heavy atom. The minimum atomic E-state index is 0.102. The van der Waals surface area contributed by atoms with Crippen molar-refractivity contribution in [2.24, 2.45) is 0 Å². The molecule has 3 heteroatoms. The summed E-state index contributed by atoms with van der Waals surface area (Å²) in [5.74, 6) is 0. The lowest BCUT2D eigenvalue weighted by Crippen LogP contribution is -2.34. The van der Waals surface area contributed by atoms with Crippen molar-refractivity contribution in [3.8, 4) is 0 Å². The molecule has 1 aromatic carbocycles. The summed E-state index contributed by atoms with van der Waals surface area (Å²) in [5.41, 5.74) is 2.42. The Morgan fingerprint density at radius 2 is 1.70 bits per heavy atom. The van der Waals surface area contributed by atoms with Gasteiger partial charge >= 0.3 is 0 Å². The number of allylic oxidation sites excluding steroid dienone is 1. The highest BCUT2D eigenvalue weighted by Gasteiger charge is 2.14. The highest BCUT2D eigenvalue weighted by atomic mass is 15.1. The molecule has 104 valence electrons. The summed E-state index contributed by atoms with van der Waals surface area (Å²) >= 11 is 0. The highest BCUT2D eigenvalue weighted by Crippen LogP contribution is 2.19. The Bertz CT molecular complexity index is 522. The van der Waals surface area contributed by atoms with E-state index in [1.54, 1.807) is 0 Å². The zero-order valence-corrected chi connectivity index (χ0v) is 12.0. The van der Waals surface area contributed by atoms with Gasteiger partial charge in [0.2, 0.25) is 0 Å². The van der Waals surface area contributed by atoms with E-state index in [9.17, 15) is 0 Å². The lowest BCUT2D eigenvalue weighted by atomic mass is 10.1. The average molecular weight is 267 g/mol. The van der Waals surface area contributed by atoms with Gasteiger partial charge in [0.25, 0.3) is 0 Å². The zero-order valence-electron chi connectivity index (χ0n) is 12.0. The molecule has 0 fully saturated rings. The molecule has 2 N–H and O–H groups in total. The molecule has 0 bridgehead atoms. The number of aromatic nitrogens is 1. The van der Waals surface area contributed by atoms with E-state index >= 15 is 0 Å². The van der Waals surface area contributed by atoms with Gasteiger partial charge in [0, 0.05) is 12.4 Å². The maximum atomic E-state index is 4.08. The number of rotatable bonds is 6. The van der Waals surface area contributed by atoms with Crippen molar-refractivity contribution in [3.05, 3.63) is 78.1 Å². The minimum absolute atomic E-state index is 0.102. The monoisotopic (exact) mass is 267 g/mol. The van der Waals surface area contributed by atoms with Crippen molar-refractivity contribution in [1.82, 2.24) is 15.6 Å². The Labute approximate surface area is 120 Å². The molecule has 0 aliphatic rings. The van der Waals surface area contributed by atoms with Crippen molar-refractivity contribution >= 4 is 0 Å². The van der Waals surface area contributed by atoms with E-state index in [1.807, 2.05) is 44.6 Å². The lowest BCUT2D eigenvalue weighted by molar-refractivity contribution is 0.442. The maximum Gasteiger partial charge on any atom is 0.0840 e. The van der Waals surface area contributed by atoms with E-state index in [4.69, 9.17) is 0 Å². The first-order valence-corrected chi connectivity index (χ1v) is 6.86. The minimum Gasteiger partial charge on any atom is -0.301 e. The first kappa shape index (κ1) is 14.4. The number of pyridine rings is 1. The van der Waals surface area contributed by atoms with Crippen molar-refractivity contribution < 1.29 is 0 Å². The first-order valence-electron chi connectivity index (χ1n) is 6.86. The van der Waals surface area contributed by atoms with Crippen LogP contribution in [-0.2, 0) is 0 Å². The van der Waals surface area contributed by atoms with Crippen LogP contribution in [0, 0.1) is 0 Å². The molecule has 0 amide bonds. The largest absolute Gasteiger partial charge is 0.301 e. The van der Waals surface area contributed by atoms with Gasteiger partial charge in [0.05, 0.1) is 12.2 Å². The van der Waals surface area contributed by atoms with E-state index in [0.717, 1.165) is 0 Å². The Hall–Kier alpha value is -1.97. The fourth-order valence-electron chi connectivity index (χ4n) is 2.20. The van der Waals surface area contributed by atoms with Crippen LogP contribution in [0.1, 0.15) is 30.3 Å². The van der Waals surface area contributed by atoms with E-state index < -0.39 is 0 Å². The molecule has 20 heavy (non-hydrogen) atoms. The van der Waals surface area contributed by atoms with Crippen LogP contribution < -0.4 is 10.6 Å². The molecule has 2 aromatic rings. The smallest absolute Gasteiger partial charge is 0.0840 e. The van der Waals surface area contributed by atoms with Gasteiger partial charge in [-0.2, -0.15) is 0 Å². The van der Waals surface area contributed by atoms with Gasteiger partial charge in [-0.1, -0.05) is 42.5 Å². The zero-order chi connectivity index (χ0) is 14.2. The summed E-state index contributed by atoms with van der Waals surface area (Å²) in [6, 6.07) is 14.6. The molecule has 1 heterocycles. The van der Waals surface area contributed by atoms with Crippen LogP contribution in [0.5, 0.6) is 0 Å². The Morgan fingerprint density at radius 3 is 2.30 bits per heavy atom. The summed E-state index contributed by atoms with van der Waals surface area (Å²) in [6.45, 7) is 2.03. The quantitative estimate of drug-likeness (QED) is 0.623. The first-order chi connectivity index (χ1) is 9.85. The van der Waals surface area contributed by atoms with Crippen LogP contribution in [0.25, 0.3) is 0 Å². The fourth-order valence-corrected chi connectivity index (χ4v) is 2.20. The standard InChI is InChI=1S/C17H21N3/c1-3-7-16(14-10-12-19-13-11-14)20-17(18-2)15-8-5-4-6-9-15/h3-13,16-18,20H,1-2H3/b7-3+. The summed E-state index contributed by atoms with van der Waals surface area (Å²) in [5, 5.41) is 6.93. The predicted molar refractivity (Wildman–Crippen MR) is 83.2 cm³/mol. The highest BCUT2D eigenvalue weighted by molar-refractivity contribution is 5.23. The van der Waals surface area contributed by atoms with Gasteiger partial charge in [-0.15, -0.1) is 0 Å². The molecule has 0 aliphatic carbocycles. The Balaban J connectivity index is 2.19. The van der Waals surface area contributed by atoms with Gasteiger partial charge in [0.15, 0.2) is 0 Å². The summed E-state index contributed by atoms with van der Waals surface area (Å²) < 4.78 is 0. The molecule has 3 nitrogen and oxygen atoms in total. The number of benzene rings is 1. The molecule has 1 aromatic heterocycles. The van der Waals surface area contributed by atoms with E-state index in [1.165, 1.54) is 11.1 Å². The SMILES string of the molecule is C/C=C/C(NC(NC)c1ccccc1)c1ccncc1. The van der Waals surface area contributed by atoms with Crippen molar-refractivity contribution in [1.29, 1.82) is 0 Å². The lowest BCUT2D eigenvalue weighted by Gasteiger charge is -2.24. The third kappa shape index (κ3) is 3.76. The molecular weight excluding hydrogens is 246 g/mol. The van der Waals surface area contributed by atoms with Gasteiger partial charge in [-0.25, -0.2) is 0 Å². The van der Waals surface area contributed by atoms with Gasteiger partial charge in [-0.05, 0) is 37.2 Å². The second-order valence-corrected chi connectivity index (χ2v) is 4.58. The second-order valence-electron chi connectivity index (χ2n) is 4.58. The van der Waals surface area contributed by atoms with Gasteiger partial charge in [0.1, 0.15) is 0 Å². The average Bonchev–Trinajstić information content (AvgIpc) is 2.53. The number of hydrogen-bond acceptors (Lipinski definition) is 3. The van der Waals surface area contributed by atoms with E-state index in [0.29, 0.717) is 0 Å². The van der Waals surface area contributed by atoms with Crippen molar-refractivity contribution in [2.75, 3.05) is 7.05 Å². The van der Waals surface area contributed by atoms with Crippen LogP contribution in [0.3, 0.4) is 0 Å². The molecule has 0 saturated carbocycles. The van der Waals surface area contributed by atoms with Crippen LogP contribution in [-0.4, -0.2) is 12.0 Å². The van der Waals surface area contributed by atoms with Crippen molar-refractivity contribution in [2.45, 2.75) is 19.1 Å². The topological polar surface area (TPSA) is 37.0 Å². The maximum absolute atomic E-state index is 4.08. The van der Waals surface area contributed by atoms with Gasteiger partial charge in [-0.3, -0.25) is 10.3 Å². The molecule has 0 radical (unpaired) electrons. The third-order valence-electron chi connectivity index (χ3n) is 3.22. The fraction of sp³-hybridized carbons (Fsp3) is 0.235. The molecule has 2 unspecified atom stereocenters. The van der Waals surface area contributed by atoms with Crippen molar-refractivity contribution in [3.63, 3.8) is 0 Å². The molecule has 0 spiro atoms. The molecule has 2 atom stereocenters. The molecular formula is C17H21N3. The molecule has 0 saturated heterocycles. The summed E-state index contributed by atoms with van der Waals surface area (Å²) in [6.07, 6.45) is 7.97. The predicted octanol–water partition coefficient (Wildman–Crippen LogP) is 3.21. The third-order valence-corrected chi connectivity index (χ3v) is 3.22. The summed E-state index contributed by atoms with van der Waals surface area (Å²) in [4.78, 5) is 4.08. The van der Waals surface area contributed by atoms with Crippen LogP contribution >= 0.6 is 0 Å². The molecule has 2 rings (SSSR count). The van der Waals surface area contributed by atoms with Gasteiger partial charge < -0.3 is 5.32 Å². The Kier molecular flexibility index (Phi) is 5.47. The molecule has 0 aliphatic heterocycles. The van der Waals surface area contributed by atoms with E-state index in [2.05, 4.69) is 52.0 Å². The van der Waals surface area contributed by atoms with Crippen LogP contribution in [0.15, 0.2) is 67.0 Å². The number of nitrogens with one attached hydrogen (secondary N) is 2. The normalized spacial score (nSPS) is 14.3. The number of nitrogens with zero attached hydrogens (tertiary/aromatic N) is 1. The second kappa shape index (κ2) is 7.58. The number of hydrogen-bond donors (Lipinski definition) is 2. The van der Waals surface area contributed by atoms with Crippen LogP contribution in [0.4, 0.5) is 0 Å².